The van der Waals surface area contributed by atoms with Crippen LogP contribution in [0.3, 0.4) is 0 Å². The van der Waals surface area contributed by atoms with Crippen LogP contribution in [0.4, 0.5) is 0 Å². The van der Waals surface area contributed by atoms with E-state index in [4.69, 9.17) is 0 Å². The molecule has 6 heteroatoms. The van der Waals surface area contributed by atoms with Gasteiger partial charge in [-0.25, -0.2) is 0 Å². The van der Waals surface area contributed by atoms with Gasteiger partial charge in [0.05, 0.1) is 4.88 Å². The van der Waals surface area contributed by atoms with Crippen LogP contribution < -0.4 is 10.6 Å². The van der Waals surface area contributed by atoms with Crippen molar-refractivity contribution in [1.82, 2.24) is 15.5 Å². The fraction of sp³-hybridized carbons (Fsp3) is 0.647. The van der Waals surface area contributed by atoms with Crippen LogP contribution in [0.2, 0.25) is 0 Å². The number of carbonyl (C=O) groups excluding carboxylic acids is 2. The molecule has 1 aromatic heterocycles. The number of hydrogen-bond donors (Lipinski definition) is 2. The van der Waals surface area contributed by atoms with Crippen molar-refractivity contribution in [2.24, 2.45) is 5.92 Å². The van der Waals surface area contributed by atoms with Gasteiger partial charge in [0, 0.05) is 19.1 Å². The van der Waals surface area contributed by atoms with Crippen molar-refractivity contribution >= 4 is 23.2 Å². The van der Waals surface area contributed by atoms with Gasteiger partial charge >= 0.3 is 0 Å². The Balaban J connectivity index is 1.41. The highest BCUT2D eigenvalue weighted by Crippen LogP contribution is 2.28. The van der Waals surface area contributed by atoms with Crippen LogP contribution in [-0.4, -0.2) is 48.4 Å². The fourth-order valence-corrected chi connectivity index (χ4v) is 3.60. The first-order chi connectivity index (χ1) is 11.1. The minimum atomic E-state index is -0.472. The van der Waals surface area contributed by atoms with Gasteiger partial charge in [-0.3, -0.25) is 9.59 Å². The molecule has 2 aliphatic rings. The standard InChI is InChI=1S/C17H25N3O2S/c1-12(19-16(21)15-3-2-10-23-15)17(22)20-8-6-14(7-9-20)18-11-13-4-5-13/h2-3,10,12-14,18H,4-9,11H2,1H3,(H,19,21). The molecule has 0 radical (unpaired) electrons. The summed E-state index contributed by atoms with van der Waals surface area (Å²) >= 11 is 1.39. The van der Waals surface area contributed by atoms with E-state index in [1.54, 1.807) is 13.0 Å². The highest BCUT2D eigenvalue weighted by atomic mass is 32.1. The van der Waals surface area contributed by atoms with Crippen LogP contribution >= 0.6 is 11.3 Å². The molecule has 2 heterocycles. The van der Waals surface area contributed by atoms with Crippen molar-refractivity contribution in [1.29, 1.82) is 0 Å². The zero-order valence-corrected chi connectivity index (χ0v) is 14.4. The maximum atomic E-state index is 12.5. The number of nitrogens with one attached hydrogen (secondary N) is 2. The van der Waals surface area contributed by atoms with E-state index < -0.39 is 6.04 Å². The molecule has 1 aromatic rings. The Kier molecular flexibility index (Phi) is 5.33. The van der Waals surface area contributed by atoms with Crippen molar-refractivity contribution in [3.05, 3.63) is 22.4 Å². The molecule has 2 N–H and O–H groups in total. The molecule has 126 valence electrons. The first-order valence-electron chi connectivity index (χ1n) is 8.50. The zero-order valence-electron chi connectivity index (χ0n) is 13.6. The van der Waals surface area contributed by atoms with Gasteiger partial charge in [0.15, 0.2) is 0 Å². The number of piperidine rings is 1. The molecule has 1 saturated carbocycles. The van der Waals surface area contributed by atoms with E-state index in [0.29, 0.717) is 10.9 Å². The summed E-state index contributed by atoms with van der Waals surface area (Å²) in [5.74, 6) is 0.750. The fourth-order valence-electron chi connectivity index (χ4n) is 2.97. The van der Waals surface area contributed by atoms with E-state index >= 15 is 0 Å². The third-order valence-corrected chi connectivity index (χ3v) is 5.53. The SMILES string of the molecule is CC(NC(=O)c1cccs1)C(=O)N1CCC(NCC2CC2)CC1. The normalized spacial score (nSPS) is 20.3. The van der Waals surface area contributed by atoms with Crippen molar-refractivity contribution in [3.8, 4) is 0 Å². The summed E-state index contributed by atoms with van der Waals surface area (Å²) in [5.41, 5.74) is 0. The summed E-state index contributed by atoms with van der Waals surface area (Å²) in [5, 5.41) is 8.28. The number of nitrogens with zero attached hydrogens (tertiary/aromatic N) is 1. The van der Waals surface area contributed by atoms with Crippen LogP contribution in [0.5, 0.6) is 0 Å². The predicted molar refractivity (Wildman–Crippen MR) is 91.6 cm³/mol. The van der Waals surface area contributed by atoms with Crippen molar-refractivity contribution in [2.75, 3.05) is 19.6 Å². The molecule has 2 fully saturated rings. The summed E-state index contributed by atoms with van der Waals surface area (Å²) in [6.45, 7) is 4.46. The van der Waals surface area contributed by atoms with Gasteiger partial charge in [0.25, 0.3) is 5.91 Å². The van der Waals surface area contributed by atoms with Gasteiger partial charge in [-0.15, -0.1) is 11.3 Å². The Labute approximate surface area is 141 Å². The van der Waals surface area contributed by atoms with Crippen LogP contribution in [0.1, 0.15) is 42.3 Å². The average Bonchev–Trinajstić information content (AvgIpc) is 3.23. The summed E-state index contributed by atoms with van der Waals surface area (Å²) < 4.78 is 0. The Morgan fingerprint density at radius 2 is 2.04 bits per heavy atom. The third-order valence-electron chi connectivity index (χ3n) is 4.66. The third kappa shape index (κ3) is 4.54. The lowest BCUT2D eigenvalue weighted by atomic mass is 10.0. The molecule has 0 spiro atoms. The number of thiophene rings is 1. The lowest BCUT2D eigenvalue weighted by molar-refractivity contribution is -0.133. The Morgan fingerprint density at radius 1 is 1.30 bits per heavy atom. The van der Waals surface area contributed by atoms with Crippen molar-refractivity contribution < 1.29 is 9.59 Å². The first kappa shape index (κ1) is 16.5. The van der Waals surface area contributed by atoms with Crippen molar-refractivity contribution in [3.63, 3.8) is 0 Å². The molecular weight excluding hydrogens is 310 g/mol. The molecule has 1 aliphatic carbocycles. The topological polar surface area (TPSA) is 61.4 Å². The molecule has 0 bridgehead atoms. The largest absolute Gasteiger partial charge is 0.341 e. The van der Waals surface area contributed by atoms with E-state index in [9.17, 15) is 9.59 Å². The van der Waals surface area contributed by atoms with Gasteiger partial charge in [0.2, 0.25) is 5.91 Å². The Bertz CT molecular complexity index is 534. The van der Waals surface area contributed by atoms with E-state index in [1.807, 2.05) is 16.3 Å². The number of rotatable bonds is 6. The second kappa shape index (κ2) is 7.45. The van der Waals surface area contributed by atoms with E-state index in [1.165, 1.54) is 24.2 Å². The summed E-state index contributed by atoms with van der Waals surface area (Å²) in [6.07, 6.45) is 4.74. The van der Waals surface area contributed by atoms with E-state index in [-0.39, 0.29) is 11.8 Å². The van der Waals surface area contributed by atoms with Crippen LogP contribution in [-0.2, 0) is 4.79 Å². The monoisotopic (exact) mass is 335 g/mol. The molecule has 5 nitrogen and oxygen atoms in total. The molecule has 1 aliphatic heterocycles. The highest BCUT2D eigenvalue weighted by molar-refractivity contribution is 7.12. The van der Waals surface area contributed by atoms with Crippen LogP contribution in [0.15, 0.2) is 17.5 Å². The Hall–Kier alpha value is -1.40. The smallest absolute Gasteiger partial charge is 0.261 e. The summed E-state index contributed by atoms with van der Waals surface area (Å²) in [7, 11) is 0. The minimum Gasteiger partial charge on any atom is -0.341 e. The zero-order chi connectivity index (χ0) is 16.2. The van der Waals surface area contributed by atoms with Crippen LogP contribution in [0, 0.1) is 5.92 Å². The van der Waals surface area contributed by atoms with Gasteiger partial charge in [0.1, 0.15) is 6.04 Å². The van der Waals surface area contributed by atoms with Gasteiger partial charge in [-0.05, 0) is 56.5 Å². The first-order valence-corrected chi connectivity index (χ1v) is 9.38. The lowest BCUT2D eigenvalue weighted by Gasteiger charge is -2.34. The maximum Gasteiger partial charge on any atom is 0.261 e. The number of likely N-dealkylation sites (tertiary alicyclic amines) is 1. The van der Waals surface area contributed by atoms with Crippen molar-refractivity contribution in [2.45, 2.75) is 44.7 Å². The summed E-state index contributed by atoms with van der Waals surface area (Å²) in [6, 6.07) is 3.68. The second-order valence-corrected chi connectivity index (χ2v) is 7.57. The predicted octanol–water partition coefficient (Wildman–Crippen LogP) is 1.86. The molecule has 0 aromatic carbocycles. The molecule has 1 saturated heterocycles. The quantitative estimate of drug-likeness (QED) is 0.834. The van der Waals surface area contributed by atoms with Gasteiger partial charge < -0.3 is 15.5 Å². The lowest BCUT2D eigenvalue weighted by Crippen LogP contribution is -2.51. The minimum absolute atomic E-state index is 0.0237. The van der Waals surface area contributed by atoms with E-state index in [0.717, 1.165) is 38.4 Å². The molecule has 1 unspecified atom stereocenters. The number of amides is 2. The molecule has 23 heavy (non-hydrogen) atoms. The second-order valence-electron chi connectivity index (χ2n) is 6.62. The maximum absolute atomic E-state index is 12.5. The van der Waals surface area contributed by atoms with Crippen LogP contribution in [0.25, 0.3) is 0 Å². The molecule has 1 atom stereocenters. The van der Waals surface area contributed by atoms with Gasteiger partial charge in [-0.1, -0.05) is 6.07 Å². The number of hydrogen-bond acceptors (Lipinski definition) is 4. The Morgan fingerprint density at radius 3 is 2.65 bits per heavy atom. The molecule has 3 rings (SSSR count). The number of carbonyl (C=O) groups is 2. The van der Waals surface area contributed by atoms with E-state index in [2.05, 4.69) is 10.6 Å². The molecular formula is C17H25N3O2S. The molecule has 2 amide bonds. The average molecular weight is 335 g/mol. The summed E-state index contributed by atoms with van der Waals surface area (Å²) in [4.78, 5) is 27.0. The highest BCUT2D eigenvalue weighted by Gasteiger charge is 2.28. The van der Waals surface area contributed by atoms with Gasteiger partial charge in [-0.2, -0.15) is 0 Å².